The summed E-state index contributed by atoms with van der Waals surface area (Å²) >= 11 is 0. The molecule has 1 aromatic rings. The zero-order chi connectivity index (χ0) is 19.3. The van der Waals surface area contributed by atoms with Gasteiger partial charge in [0, 0.05) is 6.54 Å². The van der Waals surface area contributed by atoms with Gasteiger partial charge in [-0.3, -0.25) is 10.2 Å². The number of piperidine rings is 1. The van der Waals surface area contributed by atoms with Crippen LogP contribution in [0.25, 0.3) is 0 Å². The number of rotatable bonds is 11. The minimum absolute atomic E-state index is 0.130. The van der Waals surface area contributed by atoms with E-state index in [1.807, 2.05) is 31.2 Å². The summed E-state index contributed by atoms with van der Waals surface area (Å²) < 4.78 is 11.4. The van der Waals surface area contributed by atoms with Crippen molar-refractivity contribution in [3.8, 4) is 5.75 Å². The normalized spacial score (nSPS) is 15.9. The minimum atomic E-state index is -0.418. The number of anilines is 1. The molecular formula is C22H36N2O3. The van der Waals surface area contributed by atoms with Crippen LogP contribution in [0.2, 0.25) is 0 Å². The number of para-hydroxylation sites is 2. The molecule has 1 aliphatic heterocycles. The number of nitrogens with zero attached hydrogens (tertiary/aromatic N) is 1. The van der Waals surface area contributed by atoms with Gasteiger partial charge in [0.05, 0.1) is 12.3 Å². The third kappa shape index (κ3) is 8.65. The Bertz CT molecular complexity index is 544. The van der Waals surface area contributed by atoms with Crippen molar-refractivity contribution in [2.45, 2.75) is 71.3 Å². The highest BCUT2D eigenvalue weighted by Gasteiger charge is 2.17. The average Bonchev–Trinajstić information content (AvgIpc) is 2.66. The third-order valence-corrected chi connectivity index (χ3v) is 4.90. The molecule has 1 aliphatic rings. The zero-order valence-electron chi connectivity index (χ0n) is 17.0. The van der Waals surface area contributed by atoms with Crippen molar-refractivity contribution in [2.75, 3.05) is 31.6 Å². The summed E-state index contributed by atoms with van der Waals surface area (Å²) in [5.41, 5.74) is 0.668. The van der Waals surface area contributed by atoms with Gasteiger partial charge in [0.2, 0.25) is 0 Å². The molecular weight excluding hydrogens is 340 g/mol. The van der Waals surface area contributed by atoms with Gasteiger partial charge >= 0.3 is 6.09 Å². The highest BCUT2D eigenvalue weighted by Crippen LogP contribution is 2.24. The van der Waals surface area contributed by atoms with E-state index in [1.54, 1.807) is 0 Å². The number of carbonyl (C=O) groups excluding carboxylic acids is 1. The van der Waals surface area contributed by atoms with Crippen LogP contribution in [0, 0.1) is 0 Å². The Morgan fingerprint density at radius 3 is 2.63 bits per heavy atom. The molecule has 0 saturated carbocycles. The van der Waals surface area contributed by atoms with Gasteiger partial charge in [0.15, 0.2) is 0 Å². The molecule has 0 unspecified atom stereocenters. The van der Waals surface area contributed by atoms with Gasteiger partial charge in [-0.25, -0.2) is 4.79 Å². The number of likely N-dealkylation sites (tertiary alicyclic amines) is 1. The number of benzene rings is 1. The maximum Gasteiger partial charge on any atom is 0.412 e. The topological polar surface area (TPSA) is 50.8 Å². The lowest BCUT2D eigenvalue weighted by Gasteiger charge is -2.28. The maximum absolute atomic E-state index is 12.3. The molecule has 1 aromatic carbocycles. The van der Waals surface area contributed by atoms with Gasteiger partial charge in [-0.15, -0.1) is 0 Å². The lowest BCUT2D eigenvalue weighted by atomic mass is 10.1. The van der Waals surface area contributed by atoms with Gasteiger partial charge in [-0.2, -0.15) is 0 Å². The van der Waals surface area contributed by atoms with E-state index >= 15 is 0 Å². The first kappa shape index (κ1) is 21.5. The van der Waals surface area contributed by atoms with Crippen LogP contribution in [-0.2, 0) is 4.74 Å². The molecule has 2 rings (SSSR count). The number of carbonyl (C=O) groups is 1. The van der Waals surface area contributed by atoms with E-state index in [4.69, 9.17) is 9.47 Å². The van der Waals surface area contributed by atoms with Crippen molar-refractivity contribution in [3.05, 3.63) is 24.3 Å². The summed E-state index contributed by atoms with van der Waals surface area (Å²) in [6, 6.07) is 7.55. The smallest absolute Gasteiger partial charge is 0.412 e. The molecule has 0 spiro atoms. The molecule has 27 heavy (non-hydrogen) atoms. The summed E-state index contributed by atoms with van der Waals surface area (Å²) in [5, 5.41) is 2.84. The summed E-state index contributed by atoms with van der Waals surface area (Å²) in [6.07, 6.45) is 9.22. The monoisotopic (exact) mass is 376 g/mol. The molecule has 1 amide bonds. The molecule has 0 aromatic heterocycles. The van der Waals surface area contributed by atoms with E-state index < -0.39 is 6.09 Å². The van der Waals surface area contributed by atoms with Crippen molar-refractivity contribution in [2.24, 2.45) is 0 Å². The first-order chi connectivity index (χ1) is 13.2. The fourth-order valence-electron chi connectivity index (χ4n) is 3.45. The lowest BCUT2D eigenvalue weighted by Crippen LogP contribution is -2.37. The standard InChI is InChI=1S/C22H36N2O3/c1-3-4-5-6-12-17-26-21-14-9-8-13-20(21)23-22(25)27-19(2)18-24-15-10-7-11-16-24/h8-9,13-14,19H,3-7,10-12,15-18H2,1-2H3,(H,23,25)/t19-/m1/s1. The van der Waals surface area contributed by atoms with E-state index in [-0.39, 0.29) is 6.10 Å². The summed E-state index contributed by atoms with van der Waals surface area (Å²) in [5.74, 6) is 0.702. The Hall–Kier alpha value is -1.75. The fraction of sp³-hybridized carbons (Fsp3) is 0.682. The van der Waals surface area contributed by atoms with Gasteiger partial charge in [0.25, 0.3) is 0 Å². The average molecular weight is 377 g/mol. The molecule has 152 valence electrons. The fourth-order valence-corrected chi connectivity index (χ4v) is 3.45. The molecule has 0 bridgehead atoms. The van der Waals surface area contributed by atoms with E-state index in [0.29, 0.717) is 18.0 Å². The highest BCUT2D eigenvalue weighted by atomic mass is 16.6. The highest BCUT2D eigenvalue weighted by molar-refractivity contribution is 5.86. The second kappa shape index (κ2) is 12.6. The molecule has 5 heteroatoms. The van der Waals surface area contributed by atoms with Crippen molar-refractivity contribution < 1.29 is 14.3 Å². The molecule has 1 saturated heterocycles. The lowest BCUT2D eigenvalue weighted by molar-refractivity contribution is 0.0832. The summed E-state index contributed by atoms with van der Waals surface area (Å²) in [7, 11) is 0. The van der Waals surface area contributed by atoms with Crippen LogP contribution in [0.5, 0.6) is 5.75 Å². The second-order valence-electron chi connectivity index (χ2n) is 7.46. The van der Waals surface area contributed by atoms with Crippen LogP contribution >= 0.6 is 0 Å². The van der Waals surface area contributed by atoms with Crippen LogP contribution < -0.4 is 10.1 Å². The number of nitrogens with one attached hydrogen (secondary N) is 1. The largest absolute Gasteiger partial charge is 0.491 e. The Morgan fingerprint density at radius 2 is 1.85 bits per heavy atom. The van der Waals surface area contributed by atoms with Crippen molar-refractivity contribution >= 4 is 11.8 Å². The Balaban J connectivity index is 1.73. The summed E-state index contributed by atoms with van der Waals surface area (Å²) in [4.78, 5) is 14.6. The Morgan fingerprint density at radius 1 is 1.11 bits per heavy atom. The van der Waals surface area contributed by atoms with Gasteiger partial charge in [-0.1, -0.05) is 51.2 Å². The number of hydrogen-bond donors (Lipinski definition) is 1. The van der Waals surface area contributed by atoms with Crippen LogP contribution in [0.3, 0.4) is 0 Å². The SMILES string of the molecule is CCCCCCCOc1ccccc1NC(=O)O[C@H](C)CN1CCCCC1. The van der Waals surface area contributed by atoms with Crippen molar-refractivity contribution in [3.63, 3.8) is 0 Å². The summed E-state index contributed by atoms with van der Waals surface area (Å²) in [6.45, 7) is 7.83. The molecule has 5 nitrogen and oxygen atoms in total. The van der Waals surface area contributed by atoms with Crippen LogP contribution in [0.1, 0.15) is 65.2 Å². The van der Waals surface area contributed by atoms with Crippen LogP contribution in [0.15, 0.2) is 24.3 Å². The number of unbranched alkanes of at least 4 members (excludes halogenated alkanes) is 4. The number of hydrogen-bond acceptors (Lipinski definition) is 4. The first-order valence-corrected chi connectivity index (χ1v) is 10.6. The van der Waals surface area contributed by atoms with Crippen molar-refractivity contribution in [1.82, 2.24) is 4.90 Å². The molecule has 1 heterocycles. The van der Waals surface area contributed by atoms with Gasteiger partial charge in [0.1, 0.15) is 11.9 Å². The minimum Gasteiger partial charge on any atom is -0.491 e. The van der Waals surface area contributed by atoms with E-state index in [9.17, 15) is 4.79 Å². The van der Waals surface area contributed by atoms with Crippen LogP contribution in [0.4, 0.5) is 10.5 Å². The maximum atomic E-state index is 12.3. The predicted octanol–water partition coefficient (Wildman–Crippen LogP) is 5.46. The molecule has 1 N–H and O–H groups in total. The molecule has 0 radical (unpaired) electrons. The number of ether oxygens (including phenoxy) is 2. The number of amides is 1. The quantitative estimate of drug-likeness (QED) is 0.521. The molecule has 1 atom stereocenters. The second-order valence-corrected chi connectivity index (χ2v) is 7.46. The van der Waals surface area contributed by atoms with Crippen molar-refractivity contribution in [1.29, 1.82) is 0 Å². The van der Waals surface area contributed by atoms with E-state index in [1.165, 1.54) is 44.9 Å². The Kier molecular flexibility index (Phi) is 10.1. The van der Waals surface area contributed by atoms with Gasteiger partial charge < -0.3 is 9.47 Å². The first-order valence-electron chi connectivity index (χ1n) is 10.6. The molecule has 1 fully saturated rings. The van der Waals surface area contributed by atoms with E-state index in [2.05, 4.69) is 17.1 Å². The molecule has 0 aliphatic carbocycles. The van der Waals surface area contributed by atoms with E-state index in [0.717, 1.165) is 26.1 Å². The Labute approximate surface area is 164 Å². The van der Waals surface area contributed by atoms with Crippen LogP contribution in [-0.4, -0.2) is 43.3 Å². The predicted molar refractivity (Wildman–Crippen MR) is 111 cm³/mol. The zero-order valence-corrected chi connectivity index (χ0v) is 17.0. The third-order valence-electron chi connectivity index (χ3n) is 4.90. The van der Waals surface area contributed by atoms with Gasteiger partial charge in [-0.05, 0) is 51.4 Å².